The van der Waals surface area contributed by atoms with Crippen molar-refractivity contribution in [3.05, 3.63) is 35.6 Å². The normalized spacial score (nSPS) is 20.8. The van der Waals surface area contributed by atoms with E-state index in [-0.39, 0.29) is 5.82 Å². The van der Waals surface area contributed by atoms with Crippen molar-refractivity contribution in [1.29, 1.82) is 0 Å². The van der Waals surface area contributed by atoms with Crippen LogP contribution in [0.3, 0.4) is 0 Å². The van der Waals surface area contributed by atoms with Crippen LogP contribution in [0.4, 0.5) is 4.39 Å². The molecule has 2 rings (SSSR count). The monoisotopic (exact) mass is 236 g/mol. The van der Waals surface area contributed by atoms with Crippen molar-refractivity contribution in [1.82, 2.24) is 10.2 Å². The van der Waals surface area contributed by atoms with Crippen molar-refractivity contribution in [3.8, 4) is 0 Å². The molecular weight excluding hydrogens is 215 g/mol. The summed E-state index contributed by atoms with van der Waals surface area (Å²) in [7, 11) is 2.10. The van der Waals surface area contributed by atoms with Gasteiger partial charge < -0.3 is 10.2 Å². The summed E-state index contributed by atoms with van der Waals surface area (Å²) in [5.74, 6) is -0.147. The van der Waals surface area contributed by atoms with Gasteiger partial charge >= 0.3 is 0 Å². The summed E-state index contributed by atoms with van der Waals surface area (Å²) in [5.41, 5.74) is 1.04. The molecule has 2 nitrogen and oxygen atoms in total. The van der Waals surface area contributed by atoms with Crippen LogP contribution >= 0.6 is 0 Å². The molecule has 1 N–H and O–H groups in total. The number of rotatable bonds is 4. The minimum atomic E-state index is -0.147. The molecule has 0 aromatic heterocycles. The van der Waals surface area contributed by atoms with Crippen LogP contribution in [0.2, 0.25) is 0 Å². The van der Waals surface area contributed by atoms with Crippen molar-refractivity contribution >= 4 is 0 Å². The summed E-state index contributed by atoms with van der Waals surface area (Å²) in [5, 5.41) is 3.53. The van der Waals surface area contributed by atoms with Crippen LogP contribution in [-0.2, 0) is 6.54 Å². The first kappa shape index (κ1) is 12.5. The van der Waals surface area contributed by atoms with Crippen molar-refractivity contribution in [2.24, 2.45) is 0 Å². The zero-order valence-corrected chi connectivity index (χ0v) is 10.5. The molecule has 1 aliphatic rings. The second-order valence-electron chi connectivity index (χ2n) is 4.97. The summed E-state index contributed by atoms with van der Waals surface area (Å²) in [6.45, 7) is 2.99. The van der Waals surface area contributed by atoms with Gasteiger partial charge in [-0.3, -0.25) is 0 Å². The Hall–Kier alpha value is -0.930. The topological polar surface area (TPSA) is 15.3 Å². The maximum atomic E-state index is 13.0. The van der Waals surface area contributed by atoms with E-state index in [1.807, 2.05) is 6.07 Å². The number of hydrogen-bond acceptors (Lipinski definition) is 2. The number of halogens is 1. The standard InChI is InChI=1S/C14H21FN2/c1-17(11-14-7-2-3-8-16-14)10-12-5-4-6-13(15)9-12/h4-6,9,14,16H,2-3,7-8,10-11H2,1H3. The average Bonchev–Trinajstić information content (AvgIpc) is 2.30. The van der Waals surface area contributed by atoms with Crippen molar-refractivity contribution in [3.63, 3.8) is 0 Å². The van der Waals surface area contributed by atoms with Gasteiger partial charge in [0, 0.05) is 19.1 Å². The number of nitrogens with one attached hydrogen (secondary N) is 1. The first-order chi connectivity index (χ1) is 8.24. The van der Waals surface area contributed by atoms with Gasteiger partial charge in [0.05, 0.1) is 0 Å². The van der Waals surface area contributed by atoms with Gasteiger partial charge in [-0.1, -0.05) is 18.6 Å². The Labute approximate surface area is 103 Å². The third-order valence-corrected chi connectivity index (χ3v) is 3.29. The van der Waals surface area contributed by atoms with Crippen LogP contribution in [0.25, 0.3) is 0 Å². The quantitative estimate of drug-likeness (QED) is 0.863. The van der Waals surface area contributed by atoms with Crippen molar-refractivity contribution < 1.29 is 4.39 Å². The Bertz CT molecular complexity index is 348. The Kier molecular flexibility index (Phi) is 4.51. The average molecular weight is 236 g/mol. The molecule has 1 heterocycles. The van der Waals surface area contributed by atoms with Gasteiger partial charge in [-0.05, 0) is 44.1 Å². The Morgan fingerprint density at radius 1 is 1.41 bits per heavy atom. The smallest absolute Gasteiger partial charge is 0.123 e. The second kappa shape index (κ2) is 6.12. The van der Waals surface area contributed by atoms with E-state index in [0.717, 1.165) is 25.2 Å². The van der Waals surface area contributed by atoms with Gasteiger partial charge in [0.1, 0.15) is 5.82 Å². The minimum absolute atomic E-state index is 0.147. The highest BCUT2D eigenvalue weighted by Crippen LogP contribution is 2.10. The summed E-state index contributed by atoms with van der Waals surface area (Å²) < 4.78 is 13.0. The van der Waals surface area contributed by atoms with Crippen LogP contribution < -0.4 is 5.32 Å². The molecule has 0 amide bonds. The van der Waals surface area contributed by atoms with Crippen molar-refractivity contribution in [2.45, 2.75) is 31.8 Å². The number of hydrogen-bond donors (Lipinski definition) is 1. The lowest BCUT2D eigenvalue weighted by Gasteiger charge is -2.28. The molecule has 17 heavy (non-hydrogen) atoms. The van der Waals surface area contributed by atoms with E-state index in [0.29, 0.717) is 6.04 Å². The first-order valence-electron chi connectivity index (χ1n) is 6.40. The van der Waals surface area contributed by atoms with E-state index < -0.39 is 0 Å². The van der Waals surface area contributed by atoms with E-state index in [9.17, 15) is 4.39 Å². The third kappa shape index (κ3) is 4.10. The van der Waals surface area contributed by atoms with Gasteiger partial charge in [-0.25, -0.2) is 4.39 Å². The molecule has 0 radical (unpaired) electrons. The summed E-state index contributed by atoms with van der Waals surface area (Å²) in [4.78, 5) is 2.26. The highest BCUT2D eigenvalue weighted by atomic mass is 19.1. The largest absolute Gasteiger partial charge is 0.313 e. The number of piperidine rings is 1. The van der Waals surface area contributed by atoms with E-state index in [4.69, 9.17) is 0 Å². The van der Waals surface area contributed by atoms with E-state index in [2.05, 4.69) is 17.3 Å². The fourth-order valence-corrected chi connectivity index (χ4v) is 2.47. The van der Waals surface area contributed by atoms with Crippen LogP contribution in [0.5, 0.6) is 0 Å². The molecule has 1 aliphatic heterocycles. The number of nitrogens with zero attached hydrogens (tertiary/aromatic N) is 1. The fraction of sp³-hybridized carbons (Fsp3) is 0.571. The van der Waals surface area contributed by atoms with Gasteiger partial charge in [-0.2, -0.15) is 0 Å². The van der Waals surface area contributed by atoms with Crippen LogP contribution in [0.1, 0.15) is 24.8 Å². The highest BCUT2D eigenvalue weighted by molar-refractivity contribution is 5.16. The highest BCUT2D eigenvalue weighted by Gasteiger charge is 2.14. The second-order valence-corrected chi connectivity index (χ2v) is 4.97. The zero-order valence-electron chi connectivity index (χ0n) is 10.5. The Morgan fingerprint density at radius 2 is 2.29 bits per heavy atom. The SMILES string of the molecule is CN(Cc1cccc(F)c1)CC1CCCCN1. The predicted molar refractivity (Wildman–Crippen MR) is 68.4 cm³/mol. The molecule has 0 spiro atoms. The van der Waals surface area contributed by atoms with Gasteiger partial charge in [-0.15, -0.1) is 0 Å². The first-order valence-corrected chi connectivity index (χ1v) is 6.40. The molecule has 3 heteroatoms. The minimum Gasteiger partial charge on any atom is -0.313 e. The van der Waals surface area contributed by atoms with Crippen molar-refractivity contribution in [2.75, 3.05) is 20.1 Å². The summed E-state index contributed by atoms with van der Waals surface area (Å²) in [6, 6.07) is 7.46. The predicted octanol–water partition coefficient (Wildman–Crippen LogP) is 2.40. The lowest BCUT2D eigenvalue weighted by atomic mass is 10.0. The Morgan fingerprint density at radius 3 is 3.00 bits per heavy atom. The number of benzene rings is 1. The molecule has 1 fully saturated rings. The molecule has 0 saturated carbocycles. The fourth-order valence-electron chi connectivity index (χ4n) is 2.47. The zero-order chi connectivity index (χ0) is 12.1. The molecule has 1 saturated heterocycles. The molecule has 1 aromatic carbocycles. The number of likely N-dealkylation sites (N-methyl/N-ethyl adjacent to an activating group) is 1. The molecule has 1 atom stereocenters. The van der Waals surface area contributed by atoms with Crippen LogP contribution in [-0.4, -0.2) is 31.1 Å². The van der Waals surface area contributed by atoms with Crippen LogP contribution in [0.15, 0.2) is 24.3 Å². The maximum Gasteiger partial charge on any atom is 0.123 e. The molecule has 0 aliphatic carbocycles. The summed E-state index contributed by atoms with van der Waals surface area (Å²) >= 11 is 0. The van der Waals surface area contributed by atoms with E-state index in [1.165, 1.54) is 25.3 Å². The third-order valence-electron chi connectivity index (χ3n) is 3.29. The maximum absolute atomic E-state index is 13.0. The molecule has 94 valence electrons. The molecular formula is C14H21FN2. The molecule has 1 unspecified atom stereocenters. The molecule has 0 bridgehead atoms. The van der Waals surface area contributed by atoms with E-state index in [1.54, 1.807) is 12.1 Å². The Balaban J connectivity index is 1.82. The van der Waals surface area contributed by atoms with Crippen LogP contribution in [0, 0.1) is 5.82 Å². The van der Waals surface area contributed by atoms with Gasteiger partial charge in [0.25, 0.3) is 0 Å². The van der Waals surface area contributed by atoms with E-state index >= 15 is 0 Å². The lowest BCUT2D eigenvalue weighted by molar-refractivity contribution is 0.256. The lowest BCUT2D eigenvalue weighted by Crippen LogP contribution is -2.42. The van der Waals surface area contributed by atoms with Gasteiger partial charge in [0.2, 0.25) is 0 Å². The molecule has 1 aromatic rings. The summed E-state index contributed by atoms with van der Waals surface area (Å²) in [6.07, 6.45) is 3.88. The van der Waals surface area contributed by atoms with Gasteiger partial charge in [0.15, 0.2) is 0 Å².